The van der Waals surface area contributed by atoms with Gasteiger partial charge in [-0.15, -0.1) is 25.6 Å². The van der Waals surface area contributed by atoms with E-state index < -0.39 is 12.3 Å². The number of alkyl halides is 3. The summed E-state index contributed by atoms with van der Waals surface area (Å²) in [6.07, 6.45) is -3.31. The first-order valence-electron chi connectivity index (χ1n) is 5.52. The molecule has 1 aromatic heterocycles. The molecule has 0 unspecified atom stereocenters. The predicted octanol–water partition coefficient (Wildman–Crippen LogP) is 3.29. The monoisotopic (exact) mass is 321 g/mol. The number of hydrogen-bond acceptors (Lipinski definition) is 3. The number of aromatic nitrogens is 2. The fourth-order valence-electron chi connectivity index (χ4n) is 1.48. The van der Waals surface area contributed by atoms with Gasteiger partial charge in [-0.3, -0.25) is 9.89 Å². The number of amides is 1. The summed E-state index contributed by atoms with van der Waals surface area (Å²) in [5.41, 5.74) is 1.39. The maximum atomic E-state index is 12.0. The van der Waals surface area contributed by atoms with E-state index >= 15 is 0 Å². The van der Waals surface area contributed by atoms with Gasteiger partial charge in [0.05, 0.1) is 17.6 Å². The Kier molecular flexibility index (Phi) is 5.20. The van der Waals surface area contributed by atoms with Crippen LogP contribution >= 0.6 is 12.4 Å². The molecule has 0 radical (unpaired) electrons. The van der Waals surface area contributed by atoms with Crippen LogP contribution in [0.1, 0.15) is 16.1 Å². The minimum absolute atomic E-state index is 0. The molecular formula is C12H11ClF3N3O2. The Bertz CT molecular complexity index is 611. The first-order valence-corrected chi connectivity index (χ1v) is 5.52. The van der Waals surface area contributed by atoms with Crippen molar-refractivity contribution in [2.24, 2.45) is 0 Å². The van der Waals surface area contributed by atoms with Gasteiger partial charge in [0, 0.05) is 5.56 Å². The molecule has 2 N–H and O–H groups in total. The van der Waals surface area contributed by atoms with Crippen LogP contribution in [0.2, 0.25) is 0 Å². The second-order valence-corrected chi connectivity index (χ2v) is 3.93. The molecule has 0 saturated carbocycles. The van der Waals surface area contributed by atoms with Gasteiger partial charge in [0.25, 0.3) is 5.91 Å². The zero-order valence-corrected chi connectivity index (χ0v) is 11.5. The average molecular weight is 322 g/mol. The lowest BCUT2D eigenvalue weighted by atomic mass is 10.2. The highest BCUT2D eigenvalue weighted by Crippen LogP contribution is 2.23. The van der Waals surface area contributed by atoms with Gasteiger partial charge in [0.1, 0.15) is 5.75 Å². The molecule has 9 heteroatoms. The molecule has 5 nitrogen and oxygen atoms in total. The molecule has 0 aliphatic heterocycles. The molecule has 0 fully saturated rings. The van der Waals surface area contributed by atoms with Crippen LogP contribution in [0.4, 0.5) is 18.9 Å². The van der Waals surface area contributed by atoms with E-state index in [9.17, 15) is 18.0 Å². The third-order valence-corrected chi connectivity index (χ3v) is 2.43. The number of nitrogens with one attached hydrogen (secondary N) is 2. The number of ether oxygens (including phenoxy) is 1. The number of benzene rings is 1. The number of aromatic amines is 1. The zero-order chi connectivity index (χ0) is 14.8. The highest BCUT2D eigenvalue weighted by Gasteiger charge is 2.31. The number of carbonyl (C=O) groups excluding carboxylic acids is 1. The van der Waals surface area contributed by atoms with E-state index in [4.69, 9.17) is 0 Å². The van der Waals surface area contributed by atoms with Crippen molar-refractivity contribution in [3.8, 4) is 5.75 Å². The Labute approximate surface area is 123 Å². The lowest BCUT2D eigenvalue weighted by Gasteiger charge is -2.09. The number of H-pyrrole nitrogens is 1. The van der Waals surface area contributed by atoms with E-state index in [1.165, 1.54) is 18.3 Å². The van der Waals surface area contributed by atoms with Crippen LogP contribution in [0.25, 0.3) is 0 Å². The summed E-state index contributed by atoms with van der Waals surface area (Å²) in [6, 6.07) is 4.63. The third kappa shape index (κ3) is 4.67. The van der Waals surface area contributed by atoms with Crippen LogP contribution in [0.5, 0.6) is 5.75 Å². The molecule has 0 saturated heterocycles. The smallest absolute Gasteiger partial charge is 0.406 e. The molecule has 114 valence electrons. The van der Waals surface area contributed by atoms with E-state index in [-0.39, 0.29) is 23.7 Å². The van der Waals surface area contributed by atoms with Crippen molar-refractivity contribution >= 4 is 24.0 Å². The highest BCUT2D eigenvalue weighted by atomic mass is 35.5. The number of carbonyl (C=O) groups is 1. The van der Waals surface area contributed by atoms with Crippen LogP contribution in [0.15, 0.2) is 30.5 Å². The Balaban J connectivity index is 0.00000220. The summed E-state index contributed by atoms with van der Waals surface area (Å²) in [4.78, 5) is 11.8. The number of hydrogen-bond donors (Lipinski definition) is 2. The van der Waals surface area contributed by atoms with Gasteiger partial charge in [0.2, 0.25) is 0 Å². The molecule has 1 aromatic carbocycles. The van der Waals surface area contributed by atoms with Crippen molar-refractivity contribution in [2.75, 3.05) is 5.32 Å². The summed E-state index contributed by atoms with van der Waals surface area (Å²) in [5, 5.41) is 8.97. The summed E-state index contributed by atoms with van der Waals surface area (Å²) in [5.74, 6) is -0.832. The van der Waals surface area contributed by atoms with Gasteiger partial charge in [0.15, 0.2) is 0 Å². The van der Waals surface area contributed by atoms with Crippen molar-refractivity contribution < 1.29 is 22.7 Å². The number of nitrogens with zero attached hydrogens (tertiary/aromatic N) is 1. The Hall–Kier alpha value is -2.22. The van der Waals surface area contributed by atoms with Gasteiger partial charge < -0.3 is 10.1 Å². The van der Waals surface area contributed by atoms with E-state index in [1.54, 1.807) is 6.92 Å². The van der Waals surface area contributed by atoms with Gasteiger partial charge >= 0.3 is 6.36 Å². The molecule has 0 spiro atoms. The van der Waals surface area contributed by atoms with Crippen molar-refractivity contribution in [2.45, 2.75) is 13.3 Å². The molecule has 0 aliphatic rings. The highest BCUT2D eigenvalue weighted by molar-refractivity contribution is 6.04. The summed E-state index contributed by atoms with van der Waals surface area (Å²) < 4.78 is 39.7. The minimum Gasteiger partial charge on any atom is -0.406 e. The second kappa shape index (κ2) is 6.49. The van der Waals surface area contributed by atoms with E-state index in [2.05, 4.69) is 20.3 Å². The van der Waals surface area contributed by atoms with Gasteiger partial charge in [-0.05, 0) is 31.2 Å². The fourth-order valence-corrected chi connectivity index (χ4v) is 1.48. The maximum Gasteiger partial charge on any atom is 0.573 e. The lowest BCUT2D eigenvalue weighted by molar-refractivity contribution is -0.274. The summed E-state index contributed by atoms with van der Waals surface area (Å²) >= 11 is 0. The lowest BCUT2D eigenvalue weighted by Crippen LogP contribution is -2.17. The Morgan fingerprint density at radius 1 is 1.29 bits per heavy atom. The molecular weight excluding hydrogens is 311 g/mol. The SMILES string of the molecule is Cc1[nH]ncc1NC(=O)c1ccc(OC(F)(F)F)cc1.Cl. The second-order valence-electron chi connectivity index (χ2n) is 3.93. The largest absolute Gasteiger partial charge is 0.573 e. The van der Waals surface area contributed by atoms with Crippen molar-refractivity contribution in [1.82, 2.24) is 10.2 Å². The quantitative estimate of drug-likeness (QED) is 0.911. The van der Waals surface area contributed by atoms with Crippen LogP contribution in [0.3, 0.4) is 0 Å². The van der Waals surface area contributed by atoms with Crippen LogP contribution in [-0.2, 0) is 0 Å². The Morgan fingerprint density at radius 2 is 1.90 bits per heavy atom. The molecule has 21 heavy (non-hydrogen) atoms. The molecule has 0 atom stereocenters. The standard InChI is InChI=1S/C12H10F3N3O2.ClH/c1-7-10(6-16-18-7)17-11(19)8-2-4-9(5-3-8)20-12(13,14)15;/h2-6H,1H3,(H,16,18)(H,17,19);1H. The topological polar surface area (TPSA) is 67.0 Å². The number of rotatable bonds is 3. The number of aryl methyl sites for hydroxylation is 1. The zero-order valence-electron chi connectivity index (χ0n) is 10.7. The molecule has 2 rings (SSSR count). The molecule has 0 aliphatic carbocycles. The van der Waals surface area contributed by atoms with Gasteiger partial charge in [-0.25, -0.2) is 0 Å². The predicted molar refractivity (Wildman–Crippen MR) is 71.7 cm³/mol. The van der Waals surface area contributed by atoms with Gasteiger partial charge in [-0.1, -0.05) is 0 Å². The first kappa shape index (κ1) is 16.8. The van der Waals surface area contributed by atoms with E-state index in [0.29, 0.717) is 11.4 Å². The van der Waals surface area contributed by atoms with Crippen LogP contribution in [0, 0.1) is 6.92 Å². The van der Waals surface area contributed by atoms with Crippen molar-refractivity contribution in [3.05, 3.63) is 41.7 Å². The van der Waals surface area contributed by atoms with Crippen LogP contribution < -0.4 is 10.1 Å². The number of anilines is 1. The summed E-state index contributed by atoms with van der Waals surface area (Å²) in [6.45, 7) is 1.73. The fraction of sp³-hybridized carbons (Fsp3) is 0.167. The molecule has 1 amide bonds. The third-order valence-electron chi connectivity index (χ3n) is 2.43. The van der Waals surface area contributed by atoms with Crippen LogP contribution in [-0.4, -0.2) is 22.5 Å². The average Bonchev–Trinajstić information content (AvgIpc) is 2.74. The first-order chi connectivity index (χ1) is 9.35. The van der Waals surface area contributed by atoms with Gasteiger partial charge in [-0.2, -0.15) is 5.10 Å². The molecule has 1 heterocycles. The van der Waals surface area contributed by atoms with E-state index in [1.807, 2.05) is 0 Å². The Morgan fingerprint density at radius 3 is 2.38 bits per heavy atom. The van der Waals surface area contributed by atoms with Crippen molar-refractivity contribution in [1.29, 1.82) is 0 Å². The van der Waals surface area contributed by atoms with E-state index in [0.717, 1.165) is 12.1 Å². The normalized spacial score (nSPS) is 10.7. The summed E-state index contributed by atoms with van der Waals surface area (Å²) in [7, 11) is 0. The number of halogens is 4. The minimum atomic E-state index is -4.75. The maximum absolute atomic E-state index is 12.0. The van der Waals surface area contributed by atoms with Crippen molar-refractivity contribution in [3.63, 3.8) is 0 Å². The molecule has 0 bridgehead atoms. The molecule has 2 aromatic rings.